The molecule has 1 fully saturated rings. The van der Waals surface area contributed by atoms with Crippen molar-refractivity contribution in [1.82, 2.24) is 0 Å². The highest BCUT2D eigenvalue weighted by molar-refractivity contribution is 5.48. The van der Waals surface area contributed by atoms with Gasteiger partial charge in [-0.2, -0.15) is 0 Å². The summed E-state index contributed by atoms with van der Waals surface area (Å²) >= 11 is 0. The smallest absolute Gasteiger partial charge is 0.186 e. The lowest BCUT2D eigenvalue weighted by Gasteiger charge is -2.46. The monoisotopic (exact) mass is 694 g/mol. The van der Waals surface area contributed by atoms with E-state index in [4.69, 9.17) is 28.4 Å². The van der Waals surface area contributed by atoms with Gasteiger partial charge < -0.3 is 33.2 Å². The first-order chi connectivity index (χ1) is 25.3. The maximum atomic E-state index is 10.6. The molecule has 0 aromatic heterocycles. The second kappa shape index (κ2) is 23.0. The van der Waals surface area contributed by atoms with E-state index in [0.717, 1.165) is 73.5 Å². The molecule has 1 aliphatic rings. The number of carbonyl (C=O) groups is 1. The van der Waals surface area contributed by atoms with Crippen LogP contribution in [0.15, 0.2) is 121 Å². The van der Waals surface area contributed by atoms with Crippen molar-refractivity contribution in [2.24, 2.45) is 0 Å². The van der Waals surface area contributed by atoms with E-state index in [-0.39, 0.29) is 0 Å². The molecule has 0 aliphatic carbocycles. The van der Waals surface area contributed by atoms with Crippen molar-refractivity contribution >= 4 is 6.29 Å². The number of unbranched alkanes of at least 4 members (excludes halogenated alkanes) is 7. The van der Waals surface area contributed by atoms with Crippen LogP contribution < -0.4 is 0 Å². The standard InChI is InChI=1S/C44H54O7/c45-29-19-5-3-1-2-4-6-20-30-47-44-43(50-34-39-27-17-10-18-28-39)42(49-33-38-25-15-9-16-26-38)41(48-32-37-23-13-8-14-24-37)40(51-44)35-46-31-36-21-11-7-12-22-36/h7-18,21-29,40-44H,1-6,19-20,30-35H2/t40-,41+,42+,43-,44-/m1/s1. The molecule has 4 aromatic carbocycles. The highest BCUT2D eigenvalue weighted by Gasteiger charge is 2.49. The number of rotatable bonds is 24. The van der Waals surface area contributed by atoms with Crippen molar-refractivity contribution < 1.29 is 33.2 Å². The quantitative estimate of drug-likeness (QED) is 0.0536. The van der Waals surface area contributed by atoms with E-state index in [0.29, 0.717) is 46.1 Å². The molecule has 272 valence electrons. The highest BCUT2D eigenvalue weighted by Crippen LogP contribution is 2.32. The van der Waals surface area contributed by atoms with Gasteiger partial charge in [0.25, 0.3) is 0 Å². The summed E-state index contributed by atoms with van der Waals surface area (Å²) in [4.78, 5) is 10.6. The molecule has 5 rings (SSSR count). The van der Waals surface area contributed by atoms with Gasteiger partial charge in [0.05, 0.1) is 33.0 Å². The lowest BCUT2D eigenvalue weighted by Crippen LogP contribution is -2.61. The molecule has 0 spiro atoms. The van der Waals surface area contributed by atoms with E-state index >= 15 is 0 Å². The second-order valence-electron chi connectivity index (χ2n) is 13.1. The van der Waals surface area contributed by atoms with Crippen molar-refractivity contribution in [2.75, 3.05) is 13.2 Å². The first-order valence-electron chi connectivity index (χ1n) is 18.6. The molecular weight excluding hydrogens is 640 g/mol. The van der Waals surface area contributed by atoms with E-state index in [1.165, 1.54) is 0 Å². The van der Waals surface area contributed by atoms with Crippen LogP contribution in [0.2, 0.25) is 0 Å². The third-order valence-electron chi connectivity index (χ3n) is 9.09. The third-order valence-corrected chi connectivity index (χ3v) is 9.09. The van der Waals surface area contributed by atoms with E-state index in [2.05, 4.69) is 48.5 Å². The molecule has 1 saturated heterocycles. The summed E-state index contributed by atoms with van der Waals surface area (Å²) in [5.74, 6) is 0. The molecule has 0 radical (unpaired) electrons. The van der Waals surface area contributed by atoms with Gasteiger partial charge in [0, 0.05) is 13.0 Å². The van der Waals surface area contributed by atoms with Crippen molar-refractivity contribution in [3.8, 4) is 0 Å². The Morgan fingerprint density at radius 3 is 1.41 bits per heavy atom. The van der Waals surface area contributed by atoms with Crippen molar-refractivity contribution in [1.29, 1.82) is 0 Å². The summed E-state index contributed by atoms with van der Waals surface area (Å²) in [6, 6.07) is 40.6. The molecule has 0 amide bonds. The summed E-state index contributed by atoms with van der Waals surface area (Å²) in [6.45, 7) is 2.45. The summed E-state index contributed by atoms with van der Waals surface area (Å²) < 4.78 is 39.9. The molecule has 0 unspecified atom stereocenters. The van der Waals surface area contributed by atoms with Crippen LogP contribution in [0.5, 0.6) is 0 Å². The van der Waals surface area contributed by atoms with E-state index in [9.17, 15) is 4.79 Å². The van der Waals surface area contributed by atoms with E-state index in [1.54, 1.807) is 0 Å². The molecule has 0 saturated carbocycles. The zero-order valence-corrected chi connectivity index (χ0v) is 29.8. The number of ether oxygens (including phenoxy) is 6. The van der Waals surface area contributed by atoms with E-state index in [1.807, 2.05) is 72.8 Å². The zero-order chi connectivity index (χ0) is 35.2. The van der Waals surface area contributed by atoms with Gasteiger partial charge in [-0.3, -0.25) is 0 Å². The lowest BCUT2D eigenvalue weighted by atomic mass is 9.97. The van der Waals surface area contributed by atoms with Crippen LogP contribution in [-0.4, -0.2) is 50.2 Å². The van der Waals surface area contributed by atoms with Gasteiger partial charge in [-0.15, -0.1) is 0 Å². The first kappa shape index (κ1) is 38.5. The van der Waals surface area contributed by atoms with Gasteiger partial charge >= 0.3 is 0 Å². The predicted molar refractivity (Wildman–Crippen MR) is 199 cm³/mol. The minimum Gasteiger partial charge on any atom is -0.374 e. The van der Waals surface area contributed by atoms with Gasteiger partial charge in [-0.25, -0.2) is 0 Å². The van der Waals surface area contributed by atoms with Gasteiger partial charge in [-0.1, -0.05) is 153 Å². The predicted octanol–water partition coefficient (Wildman–Crippen LogP) is 9.02. The summed E-state index contributed by atoms with van der Waals surface area (Å²) in [5.41, 5.74) is 4.27. The molecule has 0 bridgehead atoms. The number of carbonyl (C=O) groups excluding carboxylic acids is 1. The maximum Gasteiger partial charge on any atom is 0.186 e. The average Bonchev–Trinajstić information content (AvgIpc) is 3.18. The molecule has 0 N–H and O–H groups in total. The van der Waals surface area contributed by atoms with Crippen LogP contribution in [0.25, 0.3) is 0 Å². The number of benzene rings is 4. The second-order valence-corrected chi connectivity index (χ2v) is 13.1. The SMILES string of the molecule is O=CCCCCCCCCCO[C@@H]1O[C@H](COCc2ccccc2)[C@H](OCc2ccccc2)[C@H](OCc2ccccc2)[C@H]1OCc1ccccc1. The van der Waals surface area contributed by atoms with Crippen LogP contribution in [0.1, 0.15) is 73.6 Å². The average molecular weight is 695 g/mol. The molecule has 1 heterocycles. The molecule has 5 atom stereocenters. The molecule has 1 aliphatic heterocycles. The Bertz CT molecular complexity index is 1450. The number of hydrogen-bond donors (Lipinski definition) is 0. The van der Waals surface area contributed by atoms with Gasteiger partial charge in [0.1, 0.15) is 30.7 Å². The Morgan fingerprint density at radius 1 is 0.471 bits per heavy atom. The van der Waals surface area contributed by atoms with Crippen LogP contribution in [0.3, 0.4) is 0 Å². The van der Waals surface area contributed by atoms with Crippen LogP contribution >= 0.6 is 0 Å². The molecule has 7 nitrogen and oxygen atoms in total. The normalized spacial score (nSPS) is 20.3. The van der Waals surface area contributed by atoms with Gasteiger partial charge in [-0.05, 0) is 35.1 Å². The van der Waals surface area contributed by atoms with Gasteiger partial charge in [0.2, 0.25) is 0 Å². The zero-order valence-electron chi connectivity index (χ0n) is 29.8. The summed E-state index contributed by atoms with van der Waals surface area (Å²) in [7, 11) is 0. The highest BCUT2D eigenvalue weighted by atomic mass is 16.7. The third kappa shape index (κ3) is 13.8. The Labute approximate surface area is 304 Å². The minimum absolute atomic E-state index is 0.301. The van der Waals surface area contributed by atoms with Crippen LogP contribution in [-0.2, 0) is 59.6 Å². The van der Waals surface area contributed by atoms with Crippen LogP contribution in [0, 0.1) is 0 Å². The maximum absolute atomic E-state index is 10.6. The Hall–Kier alpha value is -3.69. The van der Waals surface area contributed by atoms with Crippen molar-refractivity contribution in [2.45, 2.75) is 108 Å². The first-order valence-corrected chi connectivity index (χ1v) is 18.6. The largest absolute Gasteiger partial charge is 0.374 e. The Balaban J connectivity index is 1.33. The summed E-state index contributed by atoms with van der Waals surface area (Å²) in [5, 5.41) is 0. The lowest BCUT2D eigenvalue weighted by molar-refractivity contribution is -0.328. The van der Waals surface area contributed by atoms with Crippen LogP contribution in [0.4, 0.5) is 0 Å². The molecular formula is C44H54O7. The number of hydrogen-bond acceptors (Lipinski definition) is 7. The van der Waals surface area contributed by atoms with Crippen molar-refractivity contribution in [3.63, 3.8) is 0 Å². The Morgan fingerprint density at radius 2 is 0.902 bits per heavy atom. The topological polar surface area (TPSA) is 72.5 Å². The number of aldehydes is 1. The molecule has 7 heteroatoms. The summed E-state index contributed by atoms with van der Waals surface area (Å²) in [6.07, 6.45) is 6.50. The fourth-order valence-corrected chi connectivity index (χ4v) is 6.29. The Kier molecular flexibility index (Phi) is 17.4. The molecule has 51 heavy (non-hydrogen) atoms. The van der Waals surface area contributed by atoms with Crippen molar-refractivity contribution in [3.05, 3.63) is 144 Å². The molecule has 4 aromatic rings. The fourth-order valence-electron chi connectivity index (χ4n) is 6.29. The van der Waals surface area contributed by atoms with E-state index < -0.39 is 30.7 Å². The fraction of sp³-hybridized carbons (Fsp3) is 0.432. The van der Waals surface area contributed by atoms with Gasteiger partial charge in [0.15, 0.2) is 6.29 Å². The minimum atomic E-state index is -0.681.